The third kappa shape index (κ3) is 43.2. The van der Waals surface area contributed by atoms with Crippen molar-refractivity contribution >= 4 is 49.7 Å². The molecule has 0 fully saturated rings. The number of carbonyl (C=O) groups is 2. The second-order valence-electron chi connectivity index (χ2n) is 14.7. The van der Waals surface area contributed by atoms with E-state index in [1.807, 2.05) is 42.6 Å². The van der Waals surface area contributed by atoms with Crippen LogP contribution in [0.4, 0.5) is 0 Å². The number of aliphatic carboxylic acids is 2. The average molecular weight is 762 g/mol. The number of carboxylic acid groups (broad SMARTS) is 2. The van der Waals surface area contributed by atoms with Crippen LogP contribution in [0.3, 0.4) is 0 Å². The van der Waals surface area contributed by atoms with Gasteiger partial charge in [-0.3, -0.25) is 4.98 Å². The van der Waals surface area contributed by atoms with Gasteiger partial charge in [0.25, 0.3) is 0 Å². The Labute approximate surface area is 357 Å². The van der Waals surface area contributed by atoms with Gasteiger partial charge in [0.05, 0.1) is 5.69 Å². The van der Waals surface area contributed by atoms with Crippen molar-refractivity contribution in [2.24, 2.45) is 0 Å². The van der Waals surface area contributed by atoms with Gasteiger partial charge in [0.2, 0.25) is 0 Å². The molecule has 0 spiro atoms. The van der Waals surface area contributed by atoms with Gasteiger partial charge in [-0.1, -0.05) is 230 Å². The molecule has 0 saturated heterocycles. The molecule has 5 nitrogen and oxygen atoms in total. The number of unbranched alkanes of at least 4 members (excludes halogenated alkanes) is 28. The van der Waals surface area contributed by atoms with Crippen LogP contribution in [0.15, 0.2) is 54.7 Å². The summed E-state index contributed by atoms with van der Waals surface area (Å²) in [5.74, 6) is -1.81. The molecule has 0 amide bonds. The second kappa shape index (κ2) is 45.0. The van der Waals surface area contributed by atoms with E-state index in [1.54, 1.807) is 0 Å². The minimum Gasteiger partial charge on any atom is -0.550 e. The first-order chi connectivity index (χ1) is 25.5. The molecule has 0 radical (unpaired) electrons. The van der Waals surface area contributed by atoms with E-state index < -0.39 is 11.9 Å². The molecule has 0 unspecified atom stereocenters. The number of hydrogen-bond donors (Lipinski definition) is 0. The Hall–Kier alpha value is -1.43. The summed E-state index contributed by atoms with van der Waals surface area (Å²) in [5, 5.41) is 20.4. The van der Waals surface area contributed by atoms with Crippen molar-refractivity contribution < 1.29 is 19.8 Å². The molecule has 53 heavy (non-hydrogen) atoms. The SMILES string of the molecule is CCCCCCCCCCCCCCCCCC(=O)[O-].CCCCCCCCCCCCCCCCCC(=O)[O-].[Ca+2].c1ccc(-c2ccccn2)cc1. The normalized spacial score (nSPS) is 10.4. The van der Waals surface area contributed by atoms with Crippen molar-refractivity contribution in [1.82, 2.24) is 4.98 Å². The predicted octanol–water partition coefficient (Wildman–Crippen LogP) is 12.4. The molecule has 1 aromatic heterocycles. The summed E-state index contributed by atoms with van der Waals surface area (Å²) in [6.45, 7) is 4.53. The Morgan fingerprint density at radius 3 is 0.962 bits per heavy atom. The standard InChI is InChI=1S/2C18H36O2.C11H9N.Ca/c2*1-2-3-4-5-6-7-8-9-10-11-12-13-14-15-16-17-18(19)20;1-2-6-10(7-3-1)11-8-4-5-9-12-11;/h2*2-17H2,1H3,(H,19,20);1-9H;/q;;;+2/p-2. The number of rotatable bonds is 33. The first kappa shape index (κ1) is 53.7. The van der Waals surface area contributed by atoms with E-state index in [1.165, 1.54) is 167 Å². The van der Waals surface area contributed by atoms with Crippen LogP contribution in [0.2, 0.25) is 0 Å². The fourth-order valence-corrected chi connectivity index (χ4v) is 6.42. The number of benzene rings is 1. The molecule has 0 aliphatic heterocycles. The minimum atomic E-state index is -0.903. The molecule has 2 aromatic rings. The summed E-state index contributed by atoms with van der Waals surface area (Å²) in [7, 11) is 0. The smallest absolute Gasteiger partial charge is 0.550 e. The fourth-order valence-electron chi connectivity index (χ4n) is 6.42. The van der Waals surface area contributed by atoms with Gasteiger partial charge in [-0.2, -0.15) is 0 Å². The molecule has 298 valence electrons. The predicted molar refractivity (Wildman–Crippen MR) is 225 cm³/mol. The quantitative estimate of drug-likeness (QED) is 0.0533. The van der Waals surface area contributed by atoms with Crippen LogP contribution >= 0.6 is 0 Å². The zero-order valence-corrected chi connectivity index (χ0v) is 36.8. The molecule has 0 atom stereocenters. The summed E-state index contributed by atoms with van der Waals surface area (Å²) in [4.78, 5) is 24.7. The van der Waals surface area contributed by atoms with Crippen molar-refractivity contribution in [3.8, 4) is 11.3 Å². The van der Waals surface area contributed by atoms with Gasteiger partial charge in [-0.25, -0.2) is 0 Å². The number of aromatic nitrogens is 1. The Morgan fingerprint density at radius 1 is 0.415 bits per heavy atom. The van der Waals surface area contributed by atoms with E-state index in [4.69, 9.17) is 0 Å². The molecule has 0 N–H and O–H groups in total. The molecular formula is C47H79CaNO4. The van der Waals surface area contributed by atoms with Crippen LogP contribution < -0.4 is 10.2 Å². The van der Waals surface area contributed by atoms with E-state index in [-0.39, 0.29) is 50.6 Å². The van der Waals surface area contributed by atoms with Gasteiger partial charge in [0, 0.05) is 23.7 Å². The van der Waals surface area contributed by atoms with E-state index in [2.05, 4.69) is 31.0 Å². The largest absolute Gasteiger partial charge is 2.00 e. The third-order valence-electron chi connectivity index (χ3n) is 9.70. The summed E-state index contributed by atoms with van der Waals surface area (Å²) < 4.78 is 0. The van der Waals surface area contributed by atoms with Gasteiger partial charge in [0.1, 0.15) is 0 Å². The fraction of sp³-hybridized carbons (Fsp3) is 0.723. The van der Waals surface area contributed by atoms with Crippen molar-refractivity contribution in [2.45, 2.75) is 219 Å². The average Bonchev–Trinajstić information content (AvgIpc) is 3.16. The molecule has 0 saturated carbocycles. The number of hydrogen-bond acceptors (Lipinski definition) is 5. The maximum absolute atomic E-state index is 10.2. The Kier molecular flexibility index (Phi) is 45.5. The van der Waals surface area contributed by atoms with Crippen LogP contribution in [0.5, 0.6) is 0 Å². The Bertz CT molecular complexity index is 923. The molecule has 0 aliphatic rings. The van der Waals surface area contributed by atoms with E-state index in [0.717, 1.165) is 36.9 Å². The van der Waals surface area contributed by atoms with Crippen molar-refractivity contribution in [3.05, 3.63) is 54.7 Å². The van der Waals surface area contributed by atoms with Gasteiger partial charge in [0.15, 0.2) is 0 Å². The van der Waals surface area contributed by atoms with Crippen LogP contribution in [-0.4, -0.2) is 54.7 Å². The summed E-state index contributed by atoms with van der Waals surface area (Å²) in [6.07, 6.45) is 41.5. The van der Waals surface area contributed by atoms with Gasteiger partial charge in [-0.15, -0.1) is 0 Å². The van der Waals surface area contributed by atoms with Gasteiger partial charge >= 0.3 is 37.7 Å². The van der Waals surface area contributed by atoms with Crippen LogP contribution in [0, 0.1) is 0 Å². The molecule has 0 aliphatic carbocycles. The number of pyridine rings is 1. The molecule has 6 heteroatoms. The van der Waals surface area contributed by atoms with Crippen molar-refractivity contribution in [3.63, 3.8) is 0 Å². The molecule has 1 aromatic carbocycles. The van der Waals surface area contributed by atoms with E-state index in [9.17, 15) is 19.8 Å². The topological polar surface area (TPSA) is 93.1 Å². The maximum atomic E-state index is 10.2. The summed E-state index contributed by atoms with van der Waals surface area (Å²) in [6, 6.07) is 16.1. The zero-order chi connectivity index (χ0) is 38.0. The van der Waals surface area contributed by atoms with Crippen molar-refractivity contribution in [1.29, 1.82) is 0 Å². The zero-order valence-electron chi connectivity index (χ0n) is 34.6. The van der Waals surface area contributed by atoms with E-state index in [0.29, 0.717) is 0 Å². The summed E-state index contributed by atoms with van der Waals surface area (Å²) >= 11 is 0. The number of carbonyl (C=O) groups excluding carboxylic acids is 2. The second-order valence-corrected chi connectivity index (χ2v) is 14.7. The summed E-state index contributed by atoms with van der Waals surface area (Å²) in [5.41, 5.74) is 2.19. The first-order valence-corrected chi connectivity index (χ1v) is 21.9. The molecule has 2 rings (SSSR count). The van der Waals surface area contributed by atoms with Crippen molar-refractivity contribution in [2.75, 3.05) is 0 Å². The molecule has 0 bridgehead atoms. The van der Waals surface area contributed by atoms with Crippen LogP contribution in [-0.2, 0) is 9.59 Å². The Morgan fingerprint density at radius 2 is 0.698 bits per heavy atom. The minimum absolute atomic E-state index is 0. The molecular weight excluding hydrogens is 683 g/mol. The van der Waals surface area contributed by atoms with Gasteiger partial charge in [-0.05, 0) is 37.8 Å². The van der Waals surface area contributed by atoms with E-state index >= 15 is 0 Å². The Balaban J connectivity index is 0. The maximum Gasteiger partial charge on any atom is 2.00 e. The first-order valence-electron chi connectivity index (χ1n) is 21.9. The third-order valence-corrected chi connectivity index (χ3v) is 9.70. The van der Waals surface area contributed by atoms with Crippen LogP contribution in [0.25, 0.3) is 11.3 Å². The molecule has 1 heterocycles. The van der Waals surface area contributed by atoms with Gasteiger partial charge < -0.3 is 19.8 Å². The van der Waals surface area contributed by atoms with Crippen LogP contribution in [0.1, 0.15) is 219 Å². The monoisotopic (exact) mass is 762 g/mol. The number of nitrogens with zero attached hydrogens (tertiary/aromatic N) is 1. The number of carboxylic acids is 2.